The highest BCUT2D eigenvalue weighted by molar-refractivity contribution is 7.20. The van der Waals surface area contributed by atoms with E-state index in [1.807, 2.05) is 24.3 Å². The fraction of sp³-hybridized carbons (Fsp3) is 0.192. The second kappa shape index (κ2) is 16.2. The Morgan fingerprint density at radius 3 is 2.06 bits per heavy atom. The van der Waals surface area contributed by atoms with Crippen molar-refractivity contribution in [2.75, 3.05) is 5.32 Å². The van der Waals surface area contributed by atoms with Gasteiger partial charge < -0.3 is 11.1 Å². The molecule has 3 amide bonds. The Morgan fingerprint density at radius 1 is 0.971 bits per heavy atom. The summed E-state index contributed by atoms with van der Waals surface area (Å²) in [6.45, 7) is 7.26. The molecule has 0 atom stereocenters. The number of nitrogens with two attached hydrogens (primary N) is 1. The monoisotopic (exact) mass is 513 g/mol. The van der Waals surface area contributed by atoms with Crippen molar-refractivity contribution in [3.63, 3.8) is 0 Å². The number of benzene rings is 2. The third kappa shape index (κ3) is 12.5. The van der Waals surface area contributed by atoms with Gasteiger partial charge in [0, 0.05) is 23.7 Å². The summed E-state index contributed by atoms with van der Waals surface area (Å²) in [7, 11) is 0. The molecule has 7 nitrogen and oxygen atoms in total. The summed E-state index contributed by atoms with van der Waals surface area (Å²) in [6, 6.07) is 19.5. The van der Waals surface area contributed by atoms with E-state index >= 15 is 0 Å². The molecule has 4 aromatic rings. The predicted molar refractivity (Wildman–Crippen MR) is 145 cm³/mol. The summed E-state index contributed by atoms with van der Waals surface area (Å²) in [5.41, 5.74) is 9.45. The highest BCUT2D eigenvalue weighted by Crippen LogP contribution is 2.28. The fourth-order valence-electron chi connectivity index (χ4n) is 2.40. The molecule has 35 heavy (non-hydrogen) atoms. The summed E-state index contributed by atoms with van der Waals surface area (Å²) in [5.74, 6) is -0.923. The van der Waals surface area contributed by atoms with Crippen LogP contribution in [0, 0.1) is 13.8 Å². The van der Waals surface area contributed by atoms with Crippen LogP contribution < -0.4 is 16.5 Å². The number of nitrogens with one attached hydrogen (secondary N) is 2. The van der Waals surface area contributed by atoms with Gasteiger partial charge in [-0.15, -0.1) is 11.3 Å². The van der Waals surface area contributed by atoms with E-state index in [2.05, 4.69) is 53.9 Å². The first kappa shape index (κ1) is 29.5. The molecule has 0 radical (unpaired) electrons. The molecule has 186 valence electrons. The van der Waals surface area contributed by atoms with Crippen LogP contribution in [0.5, 0.6) is 0 Å². The highest BCUT2D eigenvalue weighted by Gasteiger charge is 2.10. The number of thiophene rings is 2. The number of primary amides is 1. The van der Waals surface area contributed by atoms with E-state index in [1.54, 1.807) is 41.9 Å². The number of carbonyl (C=O) groups excluding carboxylic acids is 3. The maximum Gasteiger partial charge on any atom is 0.284 e. The van der Waals surface area contributed by atoms with E-state index in [-0.39, 0.29) is 11.8 Å². The van der Waals surface area contributed by atoms with E-state index in [0.29, 0.717) is 17.0 Å². The van der Waals surface area contributed by atoms with Crippen LogP contribution in [-0.2, 0) is 9.59 Å². The molecule has 4 rings (SSSR count). The zero-order valence-electron chi connectivity index (χ0n) is 20.2. The van der Waals surface area contributed by atoms with Crippen molar-refractivity contribution < 1.29 is 19.6 Å². The first-order valence-corrected chi connectivity index (χ1v) is 12.5. The van der Waals surface area contributed by atoms with Gasteiger partial charge >= 0.3 is 0 Å². The second-order valence-corrected chi connectivity index (χ2v) is 9.14. The van der Waals surface area contributed by atoms with Crippen molar-refractivity contribution in [3.05, 3.63) is 87.4 Å². The van der Waals surface area contributed by atoms with Crippen LogP contribution in [-0.4, -0.2) is 22.9 Å². The molecule has 2 aromatic heterocycles. The van der Waals surface area contributed by atoms with Gasteiger partial charge in [-0.3, -0.25) is 19.6 Å². The minimum atomic E-state index is -0.532. The van der Waals surface area contributed by atoms with Gasteiger partial charge in [0.1, 0.15) is 0 Å². The number of hydroxylamine groups is 1. The number of fused-ring (bicyclic) bond motifs is 1. The Kier molecular flexibility index (Phi) is 13.6. The number of aryl methyl sites for hydroxylation is 2. The van der Waals surface area contributed by atoms with Crippen LogP contribution in [0.15, 0.2) is 71.4 Å². The van der Waals surface area contributed by atoms with Gasteiger partial charge in [-0.25, -0.2) is 5.48 Å². The Morgan fingerprint density at radius 2 is 1.63 bits per heavy atom. The van der Waals surface area contributed by atoms with Crippen LogP contribution in [0.3, 0.4) is 0 Å². The number of amides is 3. The highest BCUT2D eigenvalue weighted by atomic mass is 32.1. The number of rotatable bonds is 3. The van der Waals surface area contributed by atoms with Crippen LogP contribution in [0.2, 0.25) is 0 Å². The van der Waals surface area contributed by atoms with E-state index in [1.165, 1.54) is 29.4 Å². The van der Waals surface area contributed by atoms with Crippen molar-refractivity contribution in [1.82, 2.24) is 5.48 Å². The first-order valence-electron chi connectivity index (χ1n) is 10.7. The number of carbonyl (C=O) groups is 3. The van der Waals surface area contributed by atoms with Gasteiger partial charge in [0.25, 0.3) is 5.91 Å². The molecule has 0 spiro atoms. The molecular formula is C26H31N3O4S2. The maximum atomic E-state index is 11.3. The van der Waals surface area contributed by atoms with Crippen LogP contribution >= 0.6 is 22.7 Å². The van der Waals surface area contributed by atoms with Gasteiger partial charge in [-0.05, 0) is 65.9 Å². The molecule has 0 saturated heterocycles. The standard InChI is InChI=1S/C12H12N2O3S.C7H8.C5H6S.C2H5NO/c1-2-11(15)13-8-3-4-9-7(5-8)6-10(18-9)12(16)14-17;1-7-5-3-2-4-6-7;1-5-2-3-6-4-5;1-2(3)4/h3-6,17H,2H2,1H3,(H,13,15)(H,14,16);2-6H,1H3;2-4H,1H3;1H3,(H2,3,4). The van der Waals surface area contributed by atoms with Crippen LogP contribution in [0.25, 0.3) is 10.1 Å². The lowest BCUT2D eigenvalue weighted by molar-refractivity contribution is -0.116. The van der Waals surface area contributed by atoms with Gasteiger partial charge in [0.05, 0.1) is 4.88 Å². The Bertz CT molecular complexity index is 1190. The summed E-state index contributed by atoms with van der Waals surface area (Å²) in [5, 5.41) is 16.4. The fourth-order valence-corrected chi connectivity index (χ4v) is 4.00. The van der Waals surface area contributed by atoms with Crippen LogP contribution in [0.1, 0.15) is 41.1 Å². The van der Waals surface area contributed by atoms with E-state index in [4.69, 9.17) is 5.21 Å². The molecular weight excluding hydrogens is 482 g/mol. The van der Waals surface area contributed by atoms with E-state index in [0.717, 1.165) is 10.1 Å². The maximum absolute atomic E-state index is 11.3. The van der Waals surface area contributed by atoms with Gasteiger partial charge in [-0.1, -0.05) is 42.8 Å². The normalized spacial score (nSPS) is 9.29. The number of anilines is 1. The Hall–Kier alpha value is -3.53. The van der Waals surface area contributed by atoms with Gasteiger partial charge in [0.15, 0.2) is 0 Å². The Balaban J connectivity index is 0.000000292. The second-order valence-electron chi connectivity index (χ2n) is 7.27. The molecule has 2 heterocycles. The molecule has 0 unspecified atom stereocenters. The quantitative estimate of drug-likeness (QED) is 0.201. The zero-order valence-corrected chi connectivity index (χ0v) is 21.8. The summed E-state index contributed by atoms with van der Waals surface area (Å²) < 4.78 is 0.920. The summed E-state index contributed by atoms with van der Waals surface area (Å²) >= 11 is 3.02. The molecule has 0 saturated carbocycles. The van der Waals surface area contributed by atoms with Crippen molar-refractivity contribution in [2.24, 2.45) is 5.73 Å². The zero-order chi connectivity index (χ0) is 26.2. The molecule has 9 heteroatoms. The van der Waals surface area contributed by atoms with Gasteiger partial charge in [-0.2, -0.15) is 11.3 Å². The number of hydrogen-bond acceptors (Lipinski definition) is 6. The molecule has 0 fully saturated rings. The molecule has 0 bridgehead atoms. The third-order valence-electron chi connectivity index (χ3n) is 4.05. The largest absolute Gasteiger partial charge is 0.370 e. The Labute approximate surface area is 213 Å². The summed E-state index contributed by atoms with van der Waals surface area (Å²) in [6.07, 6.45) is 0.417. The molecule has 0 aliphatic rings. The SMILES string of the molecule is CC(N)=O.CCC(=O)Nc1ccc2sc(C(=O)NO)cc2c1.Cc1ccccc1.Cc1ccsc1. The van der Waals surface area contributed by atoms with E-state index in [9.17, 15) is 14.4 Å². The van der Waals surface area contributed by atoms with Crippen molar-refractivity contribution in [1.29, 1.82) is 0 Å². The molecule has 0 aliphatic heterocycles. The summed E-state index contributed by atoms with van der Waals surface area (Å²) in [4.78, 5) is 32.2. The van der Waals surface area contributed by atoms with Crippen molar-refractivity contribution in [2.45, 2.75) is 34.1 Å². The van der Waals surface area contributed by atoms with Crippen molar-refractivity contribution >= 4 is 56.2 Å². The smallest absolute Gasteiger partial charge is 0.284 e. The third-order valence-corrected chi connectivity index (χ3v) is 5.97. The van der Waals surface area contributed by atoms with Gasteiger partial charge in [0.2, 0.25) is 11.8 Å². The topological polar surface area (TPSA) is 122 Å². The first-order chi connectivity index (χ1) is 16.7. The predicted octanol–water partition coefficient (Wildman–Crippen LogP) is 5.91. The molecule has 0 aliphatic carbocycles. The minimum absolute atomic E-state index is 0.0575. The average molecular weight is 514 g/mol. The minimum Gasteiger partial charge on any atom is -0.370 e. The lowest BCUT2D eigenvalue weighted by Gasteiger charge is -2.02. The molecule has 2 aromatic carbocycles. The number of hydrogen-bond donors (Lipinski definition) is 4. The van der Waals surface area contributed by atoms with Crippen molar-refractivity contribution in [3.8, 4) is 0 Å². The lowest BCUT2D eigenvalue weighted by Crippen LogP contribution is -2.16. The van der Waals surface area contributed by atoms with E-state index < -0.39 is 5.91 Å². The lowest BCUT2D eigenvalue weighted by atomic mass is 10.2. The van der Waals surface area contributed by atoms with Crippen LogP contribution in [0.4, 0.5) is 5.69 Å². The average Bonchev–Trinajstić information content (AvgIpc) is 3.48. The molecule has 5 N–H and O–H groups in total.